The van der Waals surface area contributed by atoms with Gasteiger partial charge in [0.2, 0.25) is 0 Å². The number of rotatable bonds is 10. The van der Waals surface area contributed by atoms with Crippen LogP contribution in [0.4, 0.5) is 0 Å². The zero-order chi connectivity index (χ0) is 17.8. The first-order valence-corrected chi connectivity index (χ1v) is 10.1. The quantitative estimate of drug-likeness (QED) is 0.231. The average Bonchev–Trinajstić information content (AvgIpc) is 2.60. The van der Waals surface area contributed by atoms with Gasteiger partial charge in [-0.05, 0) is 18.9 Å². The van der Waals surface area contributed by atoms with E-state index >= 15 is 0 Å². The second-order valence-electron chi connectivity index (χ2n) is 5.44. The van der Waals surface area contributed by atoms with Gasteiger partial charge in [-0.15, -0.1) is 24.0 Å². The van der Waals surface area contributed by atoms with Crippen molar-refractivity contribution in [3.8, 4) is 0 Å². The molecule has 0 aliphatic heterocycles. The highest BCUT2D eigenvalue weighted by Crippen LogP contribution is 2.15. The molecular formula is C17H30IN3O3S. The summed E-state index contributed by atoms with van der Waals surface area (Å²) in [6.07, 6.45) is 0.911. The summed E-state index contributed by atoms with van der Waals surface area (Å²) in [7, 11) is -1.29. The Morgan fingerprint density at radius 2 is 1.84 bits per heavy atom. The highest BCUT2D eigenvalue weighted by atomic mass is 127. The van der Waals surface area contributed by atoms with Crippen molar-refractivity contribution < 1.29 is 13.2 Å². The smallest absolute Gasteiger partial charge is 0.191 e. The van der Waals surface area contributed by atoms with Crippen molar-refractivity contribution in [2.75, 3.05) is 38.2 Å². The molecule has 2 N–H and O–H groups in total. The molecule has 0 fully saturated rings. The molecule has 0 aliphatic rings. The maximum absolute atomic E-state index is 11.4. The molecule has 25 heavy (non-hydrogen) atoms. The summed E-state index contributed by atoms with van der Waals surface area (Å²) < 4.78 is 28.7. The van der Waals surface area contributed by atoms with Crippen molar-refractivity contribution in [2.24, 2.45) is 4.99 Å². The molecule has 1 atom stereocenters. The number of sulfone groups is 1. The fourth-order valence-electron chi connectivity index (χ4n) is 2.05. The minimum absolute atomic E-state index is 0. The van der Waals surface area contributed by atoms with E-state index in [1.165, 1.54) is 5.56 Å². The van der Waals surface area contributed by atoms with Gasteiger partial charge in [-0.3, -0.25) is 4.99 Å². The molecule has 6 nitrogen and oxygen atoms in total. The number of aliphatic imine (C=N–C) groups is 1. The van der Waals surface area contributed by atoms with Gasteiger partial charge in [0.25, 0.3) is 0 Å². The van der Waals surface area contributed by atoms with Crippen LogP contribution in [0.25, 0.3) is 0 Å². The van der Waals surface area contributed by atoms with Crippen LogP contribution < -0.4 is 10.6 Å². The third kappa shape index (κ3) is 10.7. The SMILES string of the molecule is CCS(=O)(=O)CCNC(=NC)NCCCOC(C)c1ccccc1.I. The molecule has 0 aliphatic carbocycles. The number of halogens is 1. The lowest BCUT2D eigenvalue weighted by Gasteiger charge is -2.14. The van der Waals surface area contributed by atoms with E-state index in [-0.39, 0.29) is 41.6 Å². The third-order valence-electron chi connectivity index (χ3n) is 3.62. The van der Waals surface area contributed by atoms with E-state index < -0.39 is 9.84 Å². The first-order chi connectivity index (χ1) is 11.5. The molecule has 1 rings (SSSR count). The molecule has 0 saturated carbocycles. The number of hydrogen-bond donors (Lipinski definition) is 2. The van der Waals surface area contributed by atoms with E-state index in [2.05, 4.69) is 27.8 Å². The Balaban J connectivity index is 0.00000576. The number of guanidine groups is 1. The summed E-state index contributed by atoms with van der Waals surface area (Å²) in [5, 5.41) is 6.16. The number of hydrogen-bond acceptors (Lipinski definition) is 4. The number of ether oxygens (including phenoxy) is 1. The van der Waals surface area contributed by atoms with E-state index in [0.29, 0.717) is 25.7 Å². The van der Waals surface area contributed by atoms with Gasteiger partial charge in [0.1, 0.15) is 0 Å². The summed E-state index contributed by atoms with van der Waals surface area (Å²) in [5.74, 6) is 0.886. The zero-order valence-electron chi connectivity index (χ0n) is 15.2. The Hall–Kier alpha value is -0.870. The summed E-state index contributed by atoms with van der Waals surface area (Å²) in [6.45, 7) is 5.40. The third-order valence-corrected chi connectivity index (χ3v) is 5.33. The summed E-state index contributed by atoms with van der Waals surface area (Å²) in [4.78, 5) is 4.07. The second-order valence-corrected chi connectivity index (χ2v) is 7.91. The first-order valence-electron chi connectivity index (χ1n) is 8.30. The van der Waals surface area contributed by atoms with Gasteiger partial charge in [0.15, 0.2) is 15.8 Å². The van der Waals surface area contributed by atoms with Crippen LogP contribution in [0.3, 0.4) is 0 Å². The predicted octanol–water partition coefficient (Wildman–Crippen LogP) is 2.37. The molecule has 144 valence electrons. The Morgan fingerprint density at radius 1 is 1.20 bits per heavy atom. The fraction of sp³-hybridized carbons (Fsp3) is 0.588. The molecule has 0 aromatic heterocycles. The fourth-order valence-corrected chi connectivity index (χ4v) is 2.75. The predicted molar refractivity (Wildman–Crippen MR) is 115 cm³/mol. The van der Waals surface area contributed by atoms with Gasteiger partial charge < -0.3 is 15.4 Å². The van der Waals surface area contributed by atoms with E-state index in [9.17, 15) is 8.42 Å². The van der Waals surface area contributed by atoms with Crippen LogP contribution in [0.1, 0.15) is 31.9 Å². The van der Waals surface area contributed by atoms with Crippen molar-refractivity contribution in [1.82, 2.24) is 10.6 Å². The molecule has 1 aromatic carbocycles. The Bertz CT molecular complexity index is 594. The second kappa shape index (κ2) is 13.3. The number of nitrogens with one attached hydrogen (secondary N) is 2. The first kappa shape index (κ1) is 24.1. The standard InChI is InChI=1S/C17H29N3O3S.HI/c1-4-24(21,22)14-12-20-17(18-3)19-11-8-13-23-15(2)16-9-6-5-7-10-16;/h5-7,9-10,15H,4,8,11-14H2,1-3H3,(H2,18,19,20);1H. The van der Waals surface area contributed by atoms with Crippen LogP contribution in [0, 0.1) is 0 Å². The molecule has 1 aromatic rings. The van der Waals surface area contributed by atoms with Crippen LogP contribution in [-0.4, -0.2) is 52.6 Å². The summed E-state index contributed by atoms with van der Waals surface area (Å²) >= 11 is 0. The van der Waals surface area contributed by atoms with E-state index in [4.69, 9.17) is 4.74 Å². The van der Waals surface area contributed by atoms with Crippen molar-refractivity contribution >= 4 is 39.8 Å². The molecule has 0 amide bonds. The van der Waals surface area contributed by atoms with E-state index in [1.54, 1.807) is 14.0 Å². The largest absolute Gasteiger partial charge is 0.374 e. The van der Waals surface area contributed by atoms with Gasteiger partial charge in [0.05, 0.1) is 11.9 Å². The number of benzene rings is 1. The van der Waals surface area contributed by atoms with E-state index in [0.717, 1.165) is 6.42 Å². The minimum atomic E-state index is -2.95. The van der Waals surface area contributed by atoms with Crippen LogP contribution in [0.15, 0.2) is 35.3 Å². The Labute approximate surface area is 168 Å². The van der Waals surface area contributed by atoms with Crippen LogP contribution in [-0.2, 0) is 14.6 Å². The normalized spacial score (nSPS) is 13.0. The molecule has 0 heterocycles. The highest BCUT2D eigenvalue weighted by molar-refractivity contribution is 14.0. The van der Waals surface area contributed by atoms with Crippen molar-refractivity contribution in [1.29, 1.82) is 0 Å². The van der Waals surface area contributed by atoms with Gasteiger partial charge in [-0.25, -0.2) is 8.42 Å². The average molecular weight is 483 g/mol. The van der Waals surface area contributed by atoms with Gasteiger partial charge in [0, 0.05) is 32.5 Å². The van der Waals surface area contributed by atoms with Crippen LogP contribution in [0.2, 0.25) is 0 Å². The van der Waals surface area contributed by atoms with Gasteiger partial charge in [-0.2, -0.15) is 0 Å². The number of nitrogens with zero attached hydrogens (tertiary/aromatic N) is 1. The monoisotopic (exact) mass is 483 g/mol. The molecule has 0 radical (unpaired) electrons. The summed E-state index contributed by atoms with van der Waals surface area (Å²) in [6, 6.07) is 10.1. The van der Waals surface area contributed by atoms with Crippen molar-refractivity contribution in [3.05, 3.63) is 35.9 Å². The lowest BCUT2D eigenvalue weighted by molar-refractivity contribution is 0.0646. The van der Waals surface area contributed by atoms with Crippen LogP contribution >= 0.6 is 24.0 Å². The lowest BCUT2D eigenvalue weighted by Crippen LogP contribution is -2.40. The van der Waals surface area contributed by atoms with E-state index in [1.807, 2.05) is 25.1 Å². The van der Waals surface area contributed by atoms with Crippen LogP contribution in [0.5, 0.6) is 0 Å². The molecule has 0 spiro atoms. The molecular weight excluding hydrogens is 453 g/mol. The van der Waals surface area contributed by atoms with Crippen molar-refractivity contribution in [2.45, 2.75) is 26.4 Å². The highest BCUT2D eigenvalue weighted by Gasteiger charge is 2.07. The molecule has 0 saturated heterocycles. The maximum atomic E-state index is 11.4. The van der Waals surface area contributed by atoms with Crippen molar-refractivity contribution in [3.63, 3.8) is 0 Å². The zero-order valence-corrected chi connectivity index (χ0v) is 18.3. The molecule has 0 bridgehead atoms. The van der Waals surface area contributed by atoms with Gasteiger partial charge >= 0.3 is 0 Å². The Kier molecular flexibility index (Phi) is 12.9. The molecule has 1 unspecified atom stereocenters. The molecule has 8 heteroatoms. The minimum Gasteiger partial charge on any atom is -0.374 e. The summed E-state index contributed by atoms with van der Waals surface area (Å²) in [5.41, 5.74) is 1.17. The lowest BCUT2D eigenvalue weighted by atomic mass is 10.1. The topological polar surface area (TPSA) is 79.8 Å². The Morgan fingerprint density at radius 3 is 2.44 bits per heavy atom. The van der Waals surface area contributed by atoms with Gasteiger partial charge in [-0.1, -0.05) is 37.3 Å². The maximum Gasteiger partial charge on any atom is 0.191 e.